The van der Waals surface area contributed by atoms with E-state index in [9.17, 15) is 4.79 Å². The van der Waals surface area contributed by atoms with Gasteiger partial charge < -0.3 is 19.1 Å². The Morgan fingerprint density at radius 2 is 2.26 bits per heavy atom. The fraction of sp³-hybridized carbons (Fsp3) is 0.562. The molecule has 23 heavy (non-hydrogen) atoms. The molecule has 1 amide bonds. The monoisotopic (exact) mass is 316 g/mol. The summed E-state index contributed by atoms with van der Waals surface area (Å²) in [4.78, 5) is 22.4. The molecule has 1 aliphatic heterocycles. The van der Waals surface area contributed by atoms with Crippen LogP contribution in [0.2, 0.25) is 0 Å². The molecule has 1 fully saturated rings. The van der Waals surface area contributed by atoms with Gasteiger partial charge in [-0.2, -0.15) is 0 Å². The lowest BCUT2D eigenvalue weighted by Crippen LogP contribution is -2.44. The van der Waals surface area contributed by atoms with Gasteiger partial charge in [0.1, 0.15) is 17.6 Å². The van der Waals surface area contributed by atoms with Crippen LogP contribution < -0.4 is 0 Å². The van der Waals surface area contributed by atoms with Crippen LogP contribution in [0.25, 0.3) is 0 Å². The van der Waals surface area contributed by atoms with E-state index in [0.717, 1.165) is 48.5 Å². The lowest BCUT2D eigenvalue weighted by molar-refractivity contribution is -0.00555. The molecule has 1 atom stereocenters. The molecule has 122 valence electrons. The second-order valence-electron chi connectivity index (χ2n) is 6.18. The molecule has 1 aliphatic carbocycles. The maximum absolute atomic E-state index is 13.0. The summed E-state index contributed by atoms with van der Waals surface area (Å²) in [6, 6.07) is -0.208. The van der Waals surface area contributed by atoms with Crippen molar-refractivity contribution in [3.8, 4) is 0 Å². The first-order valence-corrected chi connectivity index (χ1v) is 8.11. The lowest BCUT2D eigenvalue weighted by atomic mass is 9.96. The first kappa shape index (κ1) is 14.4. The van der Waals surface area contributed by atoms with E-state index in [4.69, 9.17) is 9.26 Å². The Hall–Kier alpha value is -2.15. The summed E-state index contributed by atoms with van der Waals surface area (Å²) in [6.07, 6.45) is 5.69. The first-order chi connectivity index (χ1) is 11.2. The highest BCUT2D eigenvalue weighted by molar-refractivity contribution is 5.94. The third-order valence-electron chi connectivity index (χ3n) is 4.58. The molecule has 4 rings (SSSR count). The van der Waals surface area contributed by atoms with Gasteiger partial charge in [0.15, 0.2) is 5.69 Å². The zero-order valence-corrected chi connectivity index (χ0v) is 13.2. The van der Waals surface area contributed by atoms with Crippen LogP contribution in [0, 0.1) is 6.92 Å². The van der Waals surface area contributed by atoms with Crippen LogP contribution in [0.5, 0.6) is 0 Å². The Bertz CT molecular complexity index is 721. The summed E-state index contributed by atoms with van der Waals surface area (Å²) in [5.74, 6) is 1.55. The Kier molecular flexibility index (Phi) is 3.65. The predicted octanol–water partition coefficient (Wildman–Crippen LogP) is 1.80. The van der Waals surface area contributed by atoms with Crippen LogP contribution in [0.3, 0.4) is 0 Å². The fourth-order valence-corrected chi connectivity index (χ4v) is 3.36. The lowest BCUT2D eigenvalue weighted by Gasteiger charge is -2.34. The number of amides is 1. The smallest absolute Gasteiger partial charge is 0.277 e. The van der Waals surface area contributed by atoms with Crippen molar-refractivity contribution in [2.24, 2.45) is 0 Å². The summed E-state index contributed by atoms with van der Waals surface area (Å²) in [5, 5.41) is 4.07. The maximum Gasteiger partial charge on any atom is 0.277 e. The van der Waals surface area contributed by atoms with Gasteiger partial charge in [-0.1, -0.05) is 5.16 Å². The number of H-pyrrole nitrogens is 1. The zero-order valence-electron chi connectivity index (χ0n) is 13.2. The Morgan fingerprint density at radius 1 is 1.39 bits per heavy atom. The van der Waals surface area contributed by atoms with Crippen LogP contribution in [-0.2, 0) is 17.6 Å². The second kappa shape index (κ2) is 5.81. The largest absolute Gasteiger partial charge is 0.377 e. The first-order valence-electron chi connectivity index (χ1n) is 8.11. The van der Waals surface area contributed by atoms with Crippen molar-refractivity contribution in [2.75, 3.05) is 19.8 Å². The van der Waals surface area contributed by atoms with E-state index >= 15 is 0 Å². The number of aromatic amines is 1. The molecule has 2 aliphatic rings. The average Bonchev–Trinajstić information content (AvgIpc) is 3.20. The summed E-state index contributed by atoms with van der Waals surface area (Å²) in [7, 11) is 0. The van der Waals surface area contributed by atoms with Gasteiger partial charge in [-0.05, 0) is 26.2 Å². The number of fused-ring (bicyclic) bond motifs is 1. The number of hydrogen-bond acceptors (Lipinski definition) is 5. The van der Waals surface area contributed by atoms with Crippen LogP contribution in [0.4, 0.5) is 0 Å². The second-order valence-corrected chi connectivity index (χ2v) is 6.18. The molecule has 0 spiro atoms. The normalized spacial score (nSPS) is 21.3. The number of aromatic nitrogens is 3. The van der Waals surface area contributed by atoms with Gasteiger partial charge in [0.25, 0.3) is 5.91 Å². The van der Waals surface area contributed by atoms with Gasteiger partial charge >= 0.3 is 0 Å². The van der Waals surface area contributed by atoms with E-state index in [1.165, 1.54) is 0 Å². The summed E-state index contributed by atoms with van der Waals surface area (Å²) in [5.41, 5.74) is 2.42. The van der Waals surface area contributed by atoms with E-state index in [2.05, 4.69) is 15.1 Å². The molecule has 0 aromatic carbocycles. The molecule has 7 nitrogen and oxygen atoms in total. The molecule has 0 saturated carbocycles. The summed E-state index contributed by atoms with van der Waals surface area (Å²) < 4.78 is 11.0. The quantitative estimate of drug-likeness (QED) is 0.913. The number of carbonyl (C=O) groups excluding carboxylic acids is 1. The number of aryl methyl sites for hydroxylation is 2. The SMILES string of the molecule is Cc1cnc([C@H]2COCCN2C(=O)c2noc3c2CCCC3)[nH]1. The minimum absolute atomic E-state index is 0.0840. The van der Waals surface area contributed by atoms with E-state index in [0.29, 0.717) is 25.5 Å². The third kappa shape index (κ3) is 2.55. The molecule has 3 heterocycles. The van der Waals surface area contributed by atoms with Crippen molar-refractivity contribution in [1.82, 2.24) is 20.0 Å². The minimum Gasteiger partial charge on any atom is -0.377 e. The van der Waals surface area contributed by atoms with Gasteiger partial charge in [-0.3, -0.25) is 4.79 Å². The molecule has 0 bridgehead atoms. The van der Waals surface area contributed by atoms with Gasteiger partial charge in [0.2, 0.25) is 0 Å². The van der Waals surface area contributed by atoms with E-state index in [-0.39, 0.29) is 11.9 Å². The van der Waals surface area contributed by atoms with E-state index < -0.39 is 0 Å². The number of imidazole rings is 1. The number of rotatable bonds is 2. The Morgan fingerprint density at radius 3 is 3.09 bits per heavy atom. The molecule has 2 aromatic heterocycles. The van der Waals surface area contributed by atoms with E-state index in [1.807, 2.05) is 6.92 Å². The van der Waals surface area contributed by atoms with Gasteiger partial charge in [-0.15, -0.1) is 0 Å². The standard InChI is InChI=1S/C16H20N4O3/c1-10-8-17-15(18-10)12-9-22-7-6-20(12)16(21)14-11-4-2-3-5-13(11)23-19-14/h8,12H,2-7,9H2,1H3,(H,17,18)/t12-/m1/s1. The molecule has 1 saturated heterocycles. The number of nitrogens with one attached hydrogen (secondary N) is 1. The molecule has 2 aromatic rings. The number of hydrogen-bond donors (Lipinski definition) is 1. The van der Waals surface area contributed by atoms with Crippen LogP contribution in [0.15, 0.2) is 10.7 Å². The van der Waals surface area contributed by atoms with Crippen molar-refractivity contribution in [3.63, 3.8) is 0 Å². The van der Waals surface area contributed by atoms with Crippen LogP contribution in [0.1, 0.15) is 52.2 Å². The summed E-state index contributed by atoms with van der Waals surface area (Å²) >= 11 is 0. The van der Waals surface area contributed by atoms with Crippen molar-refractivity contribution < 1.29 is 14.1 Å². The molecule has 0 unspecified atom stereocenters. The van der Waals surface area contributed by atoms with Crippen molar-refractivity contribution in [2.45, 2.75) is 38.6 Å². The van der Waals surface area contributed by atoms with Crippen LogP contribution >= 0.6 is 0 Å². The van der Waals surface area contributed by atoms with Gasteiger partial charge in [-0.25, -0.2) is 4.98 Å². The highest BCUT2D eigenvalue weighted by atomic mass is 16.5. The third-order valence-corrected chi connectivity index (χ3v) is 4.58. The minimum atomic E-state index is -0.208. The Labute approximate surface area is 134 Å². The fourth-order valence-electron chi connectivity index (χ4n) is 3.36. The number of morpholine rings is 1. The Balaban J connectivity index is 1.64. The number of ether oxygens (including phenoxy) is 1. The van der Waals surface area contributed by atoms with Crippen molar-refractivity contribution in [3.05, 3.63) is 34.7 Å². The maximum atomic E-state index is 13.0. The zero-order chi connectivity index (χ0) is 15.8. The van der Waals surface area contributed by atoms with Crippen LogP contribution in [-0.4, -0.2) is 45.7 Å². The number of carbonyl (C=O) groups is 1. The van der Waals surface area contributed by atoms with Crippen molar-refractivity contribution in [1.29, 1.82) is 0 Å². The molecule has 0 radical (unpaired) electrons. The van der Waals surface area contributed by atoms with Gasteiger partial charge in [0.05, 0.1) is 13.2 Å². The van der Waals surface area contributed by atoms with Gasteiger partial charge in [0, 0.05) is 30.4 Å². The number of nitrogens with zero attached hydrogens (tertiary/aromatic N) is 3. The average molecular weight is 316 g/mol. The topological polar surface area (TPSA) is 84.2 Å². The van der Waals surface area contributed by atoms with Crippen molar-refractivity contribution >= 4 is 5.91 Å². The van der Waals surface area contributed by atoms with E-state index in [1.54, 1.807) is 11.1 Å². The highest BCUT2D eigenvalue weighted by Gasteiger charge is 2.35. The molecular formula is C16H20N4O3. The highest BCUT2D eigenvalue weighted by Crippen LogP contribution is 2.28. The predicted molar refractivity (Wildman–Crippen MR) is 81.1 cm³/mol. The molecule has 7 heteroatoms. The molecular weight excluding hydrogens is 296 g/mol. The summed E-state index contributed by atoms with van der Waals surface area (Å²) in [6.45, 7) is 3.45. The molecule has 1 N–H and O–H groups in total.